The maximum atomic E-state index is 11.5. The molecule has 0 radical (unpaired) electrons. The van der Waals surface area contributed by atoms with E-state index in [0.717, 1.165) is 6.42 Å². The number of nitrogens with one attached hydrogen (secondary N) is 2. The molecular formula is C10H18N2O. The van der Waals surface area contributed by atoms with E-state index in [1.807, 2.05) is 0 Å². The normalized spacial score (nSPS) is 37.8. The third-order valence-electron chi connectivity index (χ3n) is 3.04. The standard InChI is InChI=1S/C10H18N2O/c1-10(2)6-9(13)11-7-4-3-5-8(7)12-10/h7-8,12H,3-6H2,1-2H3,(H,11,13). The predicted molar refractivity (Wildman–Crippen MR) is 51.4 cm³/mol. The summed E-state index contributed by atoms with van der Waals surface area (Å²) in [6.45, 7) is 4.21. The Hall–Kier alpha value is -0.570. The molecule has 1 amide bonds. The number of hydrogen-bond donors (Lipinski definition) is 2. The van der Waals surface area contributed by atoms with E-state index in [4.69, 9.17) is 0 Å². The fourth-order valence-corrected chi connectivity index (χ4v) is 2.52. The Morgan fingerprint density at radius 2 is 2.00 bits per heavy atom. The minimum Gasteiger partial charge on any atom is -0.352 e. The van der Waals surface area contributed by atoms with Crippen molar-refractivity contribution in [2.45, 2.75) is 57.2 Å². The predicted octanol–water partition coefficient (Wildman–Crippen LogP) is 0.796. The van der Waals surface area contributed by atoms with Gasteiger partial charge in [-0.05, 0) is 33.1 Å². The first-order chi connectivity index (χ1) is 6.07. The van der Waals surface area contributed by atoms with Crippen molar-refractivity contribution in [3.05, 3.63) is 0 Å². The van der Waals surface area contributed by atoms with Crippen LogP contribution in [0, 0.1) is 0 Å². The van der Waals surface area contributed by atoms with Crippen molar-refractivity contribution in [3.63, 3.8) is 0 Å². The van der Waals surface area contributed by atoms with Gasteiger partial charge in [-0.3, -0.25) is 4.79 Å². The Kier molecular flexibility index (Phi) is 2.06. The molecule has 1 heterocycles. The zero-order valence-electron chi connectivity index (χ0n) is 8.39. The molecule has 2 unspecified atom stereocenters. The molecule has 2 N–H and O–H groups in total. The van der Waals surface area contributed by atoms with E-state index in [9.17, 15) is 4.79 Å². The molecule has 1 saturated carbocycles. The summed E-state index contributed by atoms with van der Waals surface area (Å²) in [5.41, 5.74) is -0.0339. The van der Waals surface area contributed by atoms with Gasteiger partial charge in [0.1, 0.15) is 0 Å². The van der Waals surface area contributed by atoms with E-state index in [1.165, 1.54) is 12.8 Å². The summed E-state index contributed by atoms with van der Waals surface area (Å²) in [5, 5.41) is 6.66. The Labute approximate surface area is 79.3 Å². The molecule has 1 aliphatic carbocycles. The zero-order valence-corrected chi connectivity index (χ0v) is 8.39. The first kappa shape index (κ1) is 9.00. The largest absolute Gasteiger partial charge is 0.352 e. The highest BCUT2D eigenvalue weighted by Crippen LogP contribution is 2.25. The lowest BCUT2D eigenvalue weighted by Crippen LogP contribution is -2.48. The molecule has 2 rings (SSSR count). The average molecular weight is 182 g/mol. The van der Waals surface area contributed by atoms with Gasteiger partial charge in [0.2, 0.25) is 5.91 Å². The summed E-state index contributed by atoms with van der Waals surface area (Å²) in [7, 11) is 0. The van der Waals surface area contributed by atoms with E-state index in [-0.39, 0.29) is 11.4 Å². The Morgan fingerprint density at radius 3 is 2.77 bits per heavy atom. The van der Waals surface area contributed by atoms with Crippen molar-refractivity contribution in [2.24, 2.45) is 0 Å². The van der Waals surface area contributed by atoms with Crippen LogP contribution >= 0.6 is 0 Å². The van der Waals surface area contributed by atoms with Gasteiger partial charge in [-0.2, -0.15) is 0 Å². The summed E-state index contributed by atoms with van der Waals surface area (Å²) in [4.78, 5) is 11.5. The number of rotatable bonds is 0. The quantitative estimate of drug-likeness (QED) is 0.581. The maximum Gasteiger partial charge on any atom is 0.222 e. The lowest BCUT2D eigenvalue weighted by Gasteiger charge is -2.27. The Bertz CT molecular complexity index is 225. The number of fused-ring (bicyclic) bond motifs is 1. The van der Waals surface area contributed by atoms with Gasteiger partial charge >= 0.3 is 0 Å². The average Bonchev–Trinajstić information content (AvgIpc) is 2.30. The number of carbonyl (C=O) groups excluding carboxylic acids is 1. The van der Waals surface area contributed by atoms with Crippen molar-refractivity contribution in [1.29, 1.82) is 0 Å². The molecule has 0 aromatic carbocycles. The van der Waals surface area contributed by atoms with Crippen LogP contribution in [0.15, 0.2) is 0 Å². The molecule has 74 valence electrons. The summed E-state index contributed by atoms with van der Waals surface area (Å²) in [6, 6.07) is 0.885. The first-order valence-corrected chi connectivity index (χ1v) is 5.14. The number of amides is 1. The molecule has 13 heavy (non-hydrogen) atoms. The van der Waals surface area contributed by atoms with Gasteiger partial charge in [0, 0.05) is 24.0 Å². The third kappa shape index (κ3) is 1.85. The molecule has 0 aromatic heterocycles. The van der Waals surface area contributed by atoms with Gasteiger partial charge in [0.15, 0.2) is 0 Å². The van der Waals surface area contributed by atoms with E-state index < -0.39 is 0 Å². The van der Waals surface area contributed by atoms with Gasteiger partial charge in [-0.15, -0.1) is 0 Å². The van der Waals surface area contributed by atoms with Crippen LogP contribution in [-0.2, 0) is 4.79 Å². The van der Waals surface area contributed by atoms with E-state index in [2.05, 4.69) is 24.5 Å². The molecular weight excluding hydrogens is 164 g/mol. The van der Waals surface area contributed by atoms with Crippen molar-refractivity contribution in [3.8, 4) is 0 Å². The van der Waals surface area contributed by atoms with Crippen LogP contribution in [0.5, 0.6) is 0 Å². The lowest BCUT2D eigenvalue weighted by atomic mass is 9.99. The number of carbonyl (C=O) groups is 1. The second-order valence-corrected chi connectivity index (χ2v) is 4.92. The molecule has 2 atom stereocenters. The minimum atomic E-state index is -0.0339. The van der Waals surface area contributed by atoms with Crippen LogP contribution < -0.4 is 10.6 Å². The van der Waals surface area contributed by atoms with E-state index in [1.54, 1.807) is 0 Å². The summed E-state index contributed by atoms with van der Waals surface area (Å²) < 4.78 is 0. The summed E-state index contributed by atoms with van der Waals surface area (Å²) in [6.07, 6.45) is 4.17. The molecule has 3 nitrogen and oxygen atoms in total. The highest BCUT2D eigenvalue weighted by Gasteiger charge is 2.37. The molecule has 2 aliphatic rings. The Balaban J connectivity index is 2.14. The van der Waals surface area contributed by atoms with Crippen molar-refractivity contribution < 1.29 is 4.79 Å². The van der Waals surface area contributed by atoms with Gasteiger partial charge in [-0.1, -0.05) is 0 Å². The highest BCUT2D eigenvalue weighted by molar-refractivity contribution is 5.78. The van der Waals surface area contributed by atoms with Crippen LogP contribution in [0.25, 0.3) is 0 Å². The van der Waals surface area contributed by atoms with E-state index in [0.29, 0.717) is 18.5 Å². The van der Waals surface area contributed by atoms with Crippen LogP contribution in [0.3, 0.4) is 0 Å². The lowest BCUT2D eigenvalue weighted by molar-refractivity contribution is -0.122. The second kappa shape index (κ2) is 2.98. The van der Waals surface area contributed by atoms with Crippen molar-refractivity contribution in [1.82, 2.24) is 10.6 Å². The Morgan fingerprint density at radius 1 is 1.31 bits per heavy atom. The van der Waals surface area contributed by atoms with Crippen LogP contribution in [0.4, 0.5) is 0 Å². The second-order valence-electron chi connectivity index (χ2n) is 4.92. The fourth-order valence-electron chi connectivity index (χ4n) is 2.52. The van der Waals surface area contributed by atoms with Crippen LogP contribution in [-0.4, -0.2) is 23.5 Å². The van der Waals surface area contributed by atoms with Crippen LogP contribution in [0.1, 0.15) is 39.5 Å². The molecule has 1 aliphatic heterocycles. The van der Waals surface area contributed by atoms with Crippen LogP contribution in [0.2, 0.25) is 0 Å². The monoisotopic (exact) mass is 182 g/mol. The summed E-state index contributed by atoms with van der Waals surface area (Å²) in [5.74, 6) is 0.201. The van der Waals surface area contributed by atoms with Crippen molar-refractivity contribution >= 4 is 5.91 Å². The molecule has 3 heteroatoms. The van der Waals surface area contributed by atoms with Gasteiger partial charge in [-0.25, -0.2) is 0 Å². The SMILES string of the molecule is CC1(C)CC(=O)NC2CCCC2N1. The third-order valence-corrected chi connectivity index (χ3v) is 3.04. The molecule has 0 aromatic rings. The summed E-state index contributed by atoms with van der Waals surface area (Å²) >= 11 is 0. The molecule has 1 saturated heterocycles. The minimum absolute atomic E-state index is 0.0339. The first-order valence-electron chi connectivity index (χ1n) is 5.14. The van der Waals surface area contributed by atoms with E-state index >= 15 is 0 Å². The maximum absolute atomic E-state index is 11.5. The smallest absolute Gasteiger partial charge is 0.222 e. The highest BCUT2D eigenvalue weighted by atomic mass is 16.1. The molecule has 0 bridgehead atoms. The molecule has 2 fully saturated rings. The molecule has 0 spiro atoms. The zero-order chi connectivity index (χ0) is 9.47. The van der Waals surface area contributed by atoms with Gasteiger partial charge in [0.25, 0.3) is 0 Å². The topological polar surface area (TPSA) is 41.1 Å². The van der Waals surface area contributed by atoms with Gasteiger partial charge in [0.05, 0.1) is 0 Å². The van der Waals surface area contributed by atoms with Crippen molar-refractivity contribution in [2.75, 3.05) is 0 Å². The van der Waals surface area contributed by atoms with Gasteiger partial charge < -0.3 is 10.6 Å². The fraction of sp³-hybridized carbons (Fsp3) is 0.900. The number of hydrogen-bond acceptors (Lipinski definition) is 2.